The van der Waals surface area contributed by atoms with Crippen LogP contribution in [0.2, 0.25) is 0 Å². The highest BCUT2D eigenvalue weighted by atomic mass is 16.5. The van der Waals surface area contributed by atoms with Gasteiger partial charge in [-0.1, -0.05) is 30.9 Å². The van der Waals surface area contributed by atoms with Crippen LogP contribution in [0.4, 0.5) is 0 Å². The third kappa shape index (κ3) is 2.35. The molecule has 1 fully saturated rings. The van der Waals surface area contributed by atoms with Crippen LogP contribution in [0.3, 0.4) is 0 Å². The number of aromatic nitrogens is 3. The van der Waals surface area contributed by atoms with E-state index in [0.29, 0.717) is 0 Å². The Morgan fingerprint density at radius 2 is 2.00 bits per heavy atom. The third-order valence-electron chi connectivity index (χ3n) is 3.99. The summed E-state index contributed by atoms with van der Waals surface area (Å²) in [6, 6.07) is -0.148. The molecule has 2 rings (SSSR count). The molecule has 0 saturated heterocycles. The fraction of sp³-hybridized carbons (Fsp3) is 0.833. The Morgan fingerprint density at radius 1 is 1.35 bits per heavy atom. The Morgan fingerprint density at radius 3 is 2.47 bits per heavy atom. The maximum Gasteiger partial charge on any atom is 0.0886 e. The predicted molar refractivity (Wildman–Crippen MR) is 65.4 cm³/mol. The predicted octanol–water partition coefficient (Wildman–Crippen LogP) is 1.55. The van der Waals surface area contributed by atoms with Crippen molar-refractivity contribution >= 4 is 0 Å². The molecule has 1 unspecified atom stereocenters. The normalized spacial score (nSPS) is 22.1. The molecule has 1 aromatic heterocycles. The lowest BCUT2D eigenvalue weighted by Gasteiger charge is -2.36. The molecule has 2 N–H and O–H groups in total. The van der Waals surface area contributed by atoms with Crippen LogP contribution in [0.15, 0.2) is 6.20 Å². The lowest BCUT2D eigenvalue weighted by Crippen LogP contribution is -2.43. The largest absolute Gasteiger partial charge is 0.376 e. The van der Waals surface area contributed by atoms with E-state index in [9.17, 15) is 0 Å². The summed E-state index contributed by atoms with van der Waals surface area (Å²) in [5.41, 5.74) is 7.11. The van der Waals surface area contributed by atoms with Gasteiger partial charge in [0.05, 0.1) is 23.5 Å². The second kappa shape index (κ2) is 5.14. The first-order valence-electron chi connectivity index (χ1n) is 6.35. The molecule has 1 saturated carbocycles. The first kappa shape index (κ1) is 12.5. The molecule has 0 aromatic carbocycles. The van der Waals surface area contributed by atoms with E-state index in [4.69, 9.17) is 10.5 Å². The number of hydrogen-bond acceptors (Lipinski definition) is 4. The minimum atomic E-state index is -0.244. The molecule has 5 nitrogen and oxygen atoms in total. The first-order chi connectivity index (χ1) is 8.19. The summed E-state index contributed by atoms with van der Waals surface area (Å²) in [7, 11) is 3.65. The maximum absolute atomic E-state index is 6.40. The number of nitrogens with zero attached hydrogens (tertiary/aromatic N) is 3. The van der Waals surface area contributed by atoms with Gasteiger partial charge >= 0.3 is 0 Å². The van der Waals surface area contributed by atoms with Crippen LogP contribution in [0.25, 0.3) is 0 Å². The van der Waals surface area contributed by atoms with Gasteiger partial charge in [0.15, 0.2) is 0 Å². The van der Waals surface area contributed by atoms with Crippen LogP contribution >= 0.6 is 0 Å². The molecule has 0 bridgehead atoms. The molecule has 1 aliphatic rings. The minimum Gasteiger partial charge on any atom is -0.376 e. The summed E-state index contributed by atoms with van der Waals surface area (Å²) in [5, 5.41) is 7.86. The fourth-order valence-corrected chi connectivity index (χ4v) is 2.82. The number of ether oxygens (including phenoxy) is 1. The Kier molecular flexibility index (Phi) is 3.79. The number of methoxy groups -OCH3 is 1. The van der Waals surface area contributed by atoms with Gasteiger partial charge in [0.25, 0.3) is 0 Å². The Hall–Kier alpha value is -0.940. The standard InChI is InChI=1S/C12H22N4O/c1-16-10(9-14-15-16)11(13)12(17-2)7-5-3-4-6-8-12/h9,11H,3-8,13H2,1-2H3. The minimum absolute atomic E-state index is 0.148. The highest BCUT2D eigenvalue weighted by Crippen LogP contribution is 2.38. The Labute approximate surface area is 102 Å². The van der Waals surface area contributed by atoms with E-state index < -0.39 is 0 Å². The van der Waals surface area contributed by atoms with Crippen LogP contribution in [-0.4, -0.2) is 27.7 Å². The smallest absolute Gasteiger partial charge is 0.0886 e. The zero-order valence-electron chi connectivity index (χ0n) is 10.7. The molecule has 1 heterocycles. The number of hydrogen-bond donors (Lipinski definition) is 1. The molecular formula is C12H22N4O. The van der Waals surface area contributed by atoms with E-state index in [-0.39, 0.29) is 11.6 Å². The lowest BCUT2D eigenvalue weighted by atomic mass is 9.85. The molecule has 96 valence electrons. The lowest BCUT2D eigenvalue weighted by molar-refractivity contribution is -0.0459. The molecular weight excluding hydrogens is 216 g/mol. The monoisotopic (exact) mass is 238 g/mol. The quantitative estimate of drug-likeness (QED) is 0.811. The van der Waals surface area contributed by atoms with Crippen molar-refractivity contribution in [1.82, 2.24) is 15.0 Å². The molecule has 0 radical (unpaired) electrons. The van der Waals surface area contributed by atoms with Gasteiger partial charge in [0.1, 0.15) is 0 Å². The molecule has 17 heavy (non-hydrogen) atoms. The summed E-state index contributed by atoms with van der Waals surface area (Å²) >= 11 is 0. The Balaban J connectivity index is 2.24. The van der Waals surface area contributed by atoms with Crippen molar-refractivity contribution < 1.29 is 4.74 Å². The summed E-state index contributed by atoms with van der Waals surface area (Å²) in [4.78, 5) is 0. The summed E-state index contributed by atoms with van der Waals surface area (Å²) in [6.07, 6.45) is 8.73. The van der Waals surface area contributed by atoms with E-state index in [2.05, 4.69) is 10.3 Å². The SMILES string of the molecule is COC1(C(N)c2cnnn2C)CCCCCC1. The van der Waals surface area contributed by atoms with Crippen molar-refractivity contribution in [2.45, 2.75) is 50.2 Å². The van der Waals surface area contributed by atoms with Crippen LogP contribution in [0.5, 0.6) is 0 Å². The van der Waals surface area contributed by atoms with Gasteiger partial charge in [-0.05, 0) is 12.8 Å². The van der Waals surface area contributed by atoms with Gasteiger partial charge in [-0.25, -0.2) is 0 Å². The van der Waals surface area contributed by atoms with Crippen LogP contribution in [0.1, 0.15) is 50.3 Å². The van der Waals surface area contributed by atoms with Crippen LogP contribution in [0, 0.1) is 0 Å². The molecule has 1 aromatic rings. The van der Waals surface area contributed by atoms with Gasteiger partial charge in [-0.3, -0.25) is 4.68 Å². The van der Waals surface area contributed by atoms with E-state index >= 15 is 0 Å². The second-order valence-corrected chi connectivity index (χ2v) is 4.94. The van der Waals surface area contributed by atoms with Gasteiger partial charge in [-0.15, -0.1) is 5.10 Å². The van der Waals surface area contributed by atoms with Gasteiger partial charge < -0.3 is 10.5 Å². The van der Waals surface area contributed by atoms with Crippen molar-refractivity contribution in [1.29, 1.82) is 0 Å². The number of rotatable bonds is 3. The summed E-state index contributed by atoms with van der Waals surface area (Å²) < 4.78 is 7.55. The second-order valence-electron chi connectivity index (χ2n) is 4.94. The Bertz CT molecular complexity index is 355. The van der Waals surface area contributed by atoms with E-state index in [1.807, 2.05) is 7.05 Å². The van der Waals surface area contributed by atoms with Crippen molar-refractivity contribution in [2.75, 3.05) is 7.11 Å². The topological polar surface area (TPSA) is 66.0 Å². The van der Waals surface area contributed by atoms with Crippen molar-refractivity contribution in [3.63, 3.8) is 0 Å². The van der Waals surface area contributed by atoms with Crippen molar-refractivity contribution in [3.8, 4) is 0 Å². The average molecular weight is 238 g/mol. The zero-order valence-corrected chi connectivity index (χ0v) is 10.7. The third-order valence-corrected chi connectivity index (χ3v) is 3.99. The summed E-state index contributed by atoms with van der Waals surface area (Å²) in [5.74, 6) is 0. The zero-order chi connectivity index (χ0) is 12.3. The van der Waals surface area contributed by atoms with E-state index in [1.165, 1.54) is 25.7 Å². The summed E-state index contributed by atoms with van der Waals surface area (Å²) in [6.45, 7) is 0. The number of nitrogens with two attached hydrogens (primary N) is 1. The van der Waals surface area contributed by atoms with E-state index in [0.717, 1.165) is 18.5 Å². The molecule has 0 aliphatic heterocycles. The molecule has 0 amide bonds. The van der Waals surface area contributed by atoms with Crippen molar-refractivity contribution in [3.05, 3.63) is 11.9 Å². The average Bonchev–Trinajstić information content (AvgIpc) is 2.64. The van der Waals surface area contributed by atoms with Gasteiger partial charge in [0, 0.05) is 14.2 Å². The number of aryl methyl sites for hydroxylation is 1. The molecule has 0 spiro atoms. The van der Waals surface area contributed by atoms with Gasteiger partial charge in [-0.2, -0.15) is 0 Å². The molecule has 1 atom stereocenters. The van der Waals surface area contributed by atoms with E-state index in [1.54, 1.807) is 18.0 Å². The molecule has 5 heteroatoms. The highest BCUT2D eigenvalue weighted by Gasteiger charge is 2.39. The first-order valence-corrected chi connectivity index (χ1v) is 6.35. The highest BCUT2D eigenvalue weighted by molar-refractivity contribution is 5.09. The maximum atomic E-state index is 6.40. The van der Waals surface area contributed by atoms with Crippen molar-refractivity contribution in [2.24, 2.45) is 12.8 Å². The fourth-order valence-electron chi connectivity index (χ4n) is 2.82. The molecule has 1 aliphatic carbocycles. The van der Waals surface area contributed by atoms with Crippen LogP contribution in [-0.2, 0) is 11.8 Å². The van der Waals surface area contributed by atoms with Gasteiger partial charge in [0.2, 0.25) is 0 Å². The van der Waals surface area contributed by atoms with Crippen LogP contribution < -0.4 is 5.73 Å².